The third-order valence-corrected chi connectivity index (χ3v) is 5.15. The van der Waals surface area contributed by atoms with Gasteiger partial charge in [-0.3, -0.25) is 4.57 Å². The third-order valence-electron chi connectivity index (χ3n) is 3.55. The zero-order valence-electron chi connectivity index (χ0n) is 12.2. The molecule has 3 rings (SSSR count). The van der Waals surface area contributed by atoms with Gasteiger partial charge in [0, 0.05) is 10.6 Å². The van der Waals surface area contributed by atoms with Gasteiger partial charge in [0.2, 0.25) is 0 Å². The zero-order valence-corrected chi connectivity index (χ0v) is 13.1. The van der Waals surface area contributed by atoms with E-state index in [1.165, 1.54) is 0 Å². The summed E-state index contributed by atoms with van der Waals surface area (Å²) >= 11 is 0. The van der Waals surface area contributed by atoms with Crippen LogP contribution in [0.4, 0.5) is 0 Å². The first-order valence-corrected chi connectivity index (χ1v) is 8.33. The highest BCUT2D eigenvalue weighted by Crippen LogP contribution is 2.30. The van der Waals surface area contributed by atoms with Gasteiger partial charge in [0.05, 0.1) is 0 Å². The molecule has 1 N–H and O–H groups in total. The summed E-state index contributed by atoms with van der Waals surface area (Å²) < 4.78 is 12.9. The van der Waals surface area contributed by atoms with Crippen molar-refractivity contribution >= 4 is 18.4 Å². The van der Waals surface area contributed by atoms with Gasteiger partial charge in [-0.2, -0.15) is 0 Å². The van der Waals surface area contributed by atoms with Crippen LogP contribution in [0.25, 0.3) is 11.1 Å². The fraction of sp³-hybridized carbons (Fsp3) is 0.0526. The lowest BCUT2D eigenvalue weighted by Gasteiger charge is -2.10. The topological polar surface area (TPSA) is 37.3 Å². The van der Waals surface area contributed by atoms with Crippen molar-refractivity contribution in [2.75, 3.05) is 0 Å². The Kier molecular flexibility index (Phi) is 4.04. The molecule has 0 bridgehead atoms. The summed E-state index contributed by atoms with van der Waals surface area (Å²) in [6.45, 7) is 2.03. The lowest BCUT2D eigenvalue weighted by molar-refractivity contribution is 0.475. The molecule has 0 aliphatic heterocycles. The van der Waals surface area contributed by atoms with E-state index < -0.39 is 7.80 Å². The van der Waals surface area contributed by atoms with E-state index in [-0.39, 0.29) is 5.75 Å². The Labute approximate surface area is 130 Å². The molecule has 1 radical (unpaired) electrons. The van der Waals surface area contributed by atoms with Crippen LogP contribution in [0.2, 0.25) is 0 Å². The largest absolute Gasteiger partial charge is 0.508 e. The molecular formula is C19H16O2P. The quantitative estimate of drug-likeness (QED) is 0.738. The second-order valence-corrected chi connectivity index (χ2v) is 6.78. The molecule has 0 fully saturated rings. The third kappa shape index (κ3) is 2.93. The average Bonchev–Trinajstić information content (AvgIpc) is 2.56. The van der Waals surface area contributed by atoms with Gasteiger partial charge in [0.15, 0.2) is 0 Å². The van der Waals surface area contributed by atoms with E-state index in [2.05, 4.69) is 0 Å². The van der Waals surface area contributed by atoms with E-state index in [0.717, 1.165) is 27.3 Å². The molecule has 22 heavy (non-hydrogen) atoms. The van der Waals surface area contributed by atoms with Crippen LogP contribution in [0.1, 0.15) is 5.56 Å². The molecule has 3 heteroatoms. The minimum Gasteiger partial charge on any atom is -0.508 e. The molecule has 3 aromatic rings. The maximum absolute atomic E-state index is 12.9. The summed E-state index contributed by atoms with van der Waals surface area (Å²) in [6, 6.07) is 22.4. The van der Waals surface area contributed by atoms with Gasteiger partial charge in [-0.25, -0.2) is 0 Å². The first-order chi connectivity index (χ1) is 10.6. The van der Waals surface area contributed by atoms with E-state index in [4.69, 9.17) is 0 Å². The number of hydrogen-bond acceptors (Lipinski definition) is 2. The molecule has 0 amide bonds. The Morgan fingerprint density at radius 2 is 1.55 bits per heavy atom. The second kappa shape index (κ2) is 6.13. The van der Waals surface area contributed by atoms with Crippen LogP contribution in [0.15, 0.2) is 72.8 Å². The summed E-state index contributed by atoms with van der Waals surface area (Å²) in [5.41, 5.74) is 2.93. The Morgan fingerprint density at radius 3 is 2.23 bits per heavy atom. The minimum absolute atomic E-state index is 0.177. The predicted octanol–water partition coefficient (Wildman–Crippen LogP) is 4.15. The SMILES string of the molecule is Cc1ccc(-c2cc(O)ccc2[P](=O)c2ccccc2)cc1. The van der Waals surface area contributed by atoms with E-state index in [1.54, 1.807) is 18.2 Å². The molecule has 0 aliphatic rings. The minimum atomic E-state index is -1.70. The molecule has 0 aromatic heterocycles. The van der Waals surface area contributed by atoms with Gasteiger partial charge in [-0.1, -0.05) is 48.0 Å². The highest BCUT2D eigenvalue weighted by atomic mass is 31.1. The van der Waals surface area contributed by atoms with Gasteiger partial charge in [-0.15, -0.1) is 0 Å². The summed E-state index contributed by atoms with van der Waals surface area (Å²) in [7, 11) is -1.70. The molecule has 3 aromatic carbocycles. The van der Waals surface area contributed by atoms with Crippen LogP contribution in [-0.4, -0.2) is 5.11 Å². The van der Waals surface area contributed by atoms with E-state index in [0.29, 0.717) is 0 Å². The summed E-state index contributed by atoms with van der Waals surface area (Å²) in [5, 5.41) is 11.3. The molecule has 0 saturated heterocycles. The van der Waals surface area contributed by atoms with Crippen LogP contribution >= 0.6 is 7.80 Å². The number of rotatable bonds is 3. The molecule has 1 unspecified atom stereocenters. The zero-order chi connectivity index (χ0) is 15.5. The van der Waals surface area contributed by atoms with E-state index >= 15 is 0 Å². The summed E-state index contributed by atoms with van der Waals surface area (Å²) in [5.74, 6) is 0.177. The molecule has 0 saturated carbocycles. The number of aryl methyl sites for hydroxylation is 1. The Balaban J connectivity index is 2.12. The van der Waals surface area contributed by atoms with Gasteiger partial charge in [0.1, 0.15) is 13.6 Å². The first-order valence-electron chi connectivity index (χ1n) is 7.07. The van der Waals surface area contributed by atoms with Gasteiger partial charge >= 0.3 is 0 Å². The molecule has 1 atom stereocenters. The monoisotopic (exact) mass is 307 g/mol. The predicted molar refractivity (Wildman–Crippen MR) is 91.6 cm³/mol. The van der Waals surface area contributed by atoms with Crippen LogP contribution in [0.3, 0.4) is 0 Å². The van der Waals surface area contributed by atoms with Crippen molar-refractivity contribution in [1.82, 2.24) is 0 Å². The maximum Gasteiger partial charge on any atom is 0.137 e. The number of hydrogen-bond donors (Lipinski definition) is 1. The maximum atomic E-state index is 12.9. The van der Waals surface area contributed by atoms with Crippen LogP contribution in [-0.2, 0) is 4.57 Å². The fourth-order valence-corrected chi connectivity index (χ4v) is 3.71. The summed E-state index contributed by atoms with van der Waals surface area (Å²) in [4.78, 5) is 0. The number of phenolic OH excluding ortho intramolecular Hbond substituents is 1. The normalized spacial score (nSPS) is 11.2. The van der Waals surface area contributed by atoms with Crippen LogP contribution < -0.4 is 10.6 Å². The smallest absolute Gasteiger partial charge is 0.137 e. The van der Waals surface area contributed by atoms with Gasteiger partial charge in [-0.05, 0) is 48.4 Å². The lowest BCUT2D eigenvalue weighted by Crippen LogP contribution is -2.09. The van der Waals surface area contributed by atoms with Crippen LogP contribution in [0, 0.1) is 6.92 Å². The standard InChI is InChI=1S/C19H16O2P/c1-14-7-9-15(10-8-14)18-13-16(20)11-12-19(18)22(21)17-5-3-2-4-6-17/h2-13,20H,1H3. The average molecular weight is 307 g/mol. The van der Waals surface area contributed by atoms with Crippen molar-refractivity contribution in [3.05, 3.63) is 78.4 Å². The fourth-order valence-electron chi connectivity index (χ4n) is 2.37. The van der Waals surface area contributed by atoms with Gasteiger partial charge in [0.25, 0.3) is 0 Å². The van der Waals surface area contributed by atoms with Crippen molar-refractivity contribution in [3.63, 3.8) is 0 Å². The van der Waals surface area contributed by atoms with Crippen molar-refractivity contribution < 1.29 is 9.67 Å². The highest BCUT2D eigenvalue weighted by molar-refractivity contribution is 7.61. The first kappa shape index (κ1) is 14.5. The Hall–Kier alpha value is -2.44. The Bertz CT molecular complexity index is 809. The number of phenols is 1. The molecule has 0 aliphatic carbocycles. The Morgan fingerprint density at radius 1 is 0.864 bits per heavy atom. The van der Waals surface area contributed by atoms with Crippen molar-refractivity contribution in [3.8, 4) is 16.9 Å². The lowest BCUT2D eigenvalue weighted by atomic mass is 10.0. The summed E-state index contributed by atoms with van der Waals surface area (Å²) in [6.07, 6.45) is 0. The molecule has 109 valence electrons. The second-order valence-electron chi connectivity index (χ2n) is 5.20. The van der Waals surface area contributed by atoms with Crippen molar-refractivity contribution in [2.24, 2.45) is 0 Å². The van der Waals surface area contributed by atoms with Crippen molar-refractivity contribution in [2.45, 2.75) is 6.92 Å². The molecule has 2 nitrogen and oxygen atoms in total. The number of aromatic hydroxyl groups is 1. The highest BCUT2D eigenvalue weighted by Gasteiger charge is 2.14. The molecule has 0 spiro atoms. The van der Waals surface area contributed by atoms with E-state index in [9.17, 15) is 9.67 Å². The molecule has 0 heterocycles. The number of benzene rings is 3. The molecular weight excluding hydrogens is 291 g/mol. The van der Waals surface area contributed by atoms with E-state index in [1.807, 2.05) is 61.5 Å². The van der Waals surface area contributed by atoms with Gasteiger partial charge < -0.3 is 5.11 Å². The van der Waals surface area contributed by atoms with Crippen LogP contribution in [0.5, 0.6) is 5.75 Å². The van der Waals surface area contributed by atoms with Crippen molar-refractivity contribution in [1.29, 1.82) is 0 Å².